The van der Waals surface area contributed by atoms with Gasteiger partial charge in [-0.3, -0.25) is 57.9 Å². The number of hydrogen-bond acceptors (Lipinski definition) is 27. The molecule has 0 spiro atoms. The quantitative estimate of drug-likeness (QED) is 0.128. The van der Waals surface area contributed by atoms with Gasteiger partial charge >= 0.3 is 0 Å². The molecule has 0 saturated heterocycles. The molecular weight excluding hydrogens is 1270 g/mol. The molecule has 0 radical (unpaired) electrons. The summed E-state index contributed by atoms with van der Waals surface area (Å²) < 4.78 is 0. The molecule has 0 bridgehead atoms. The highest BCUT2D eigenvalue weighted by Gasteiger charge is 2.70. The van der Waals surface area contributed by atoms with E-state index >= 15 is 0 Å². The summed E-state index contributed by atoms with van der Waals surface area (Å²) in [6.45, 7) is 3.08. The topological polar surface area (TPSA) is 528 Å². The zero-order chi connectivity index (χ0) is 72.3. The fourth-order valence-corrected chi connectivity index (χ4v) is 16.7. The highest BCUT2D eigenvalue weighted by molar-refractivity contribution is 6.27. The molecule has 3 saturated carbocycles. The number of primary amides is 3. The number of likely N-dealkylation sites (N-methyl/N-ethyl adjacent to an activating group) is 3. The van der Waals surface area contributed by atoms with Crippen LogP contribution in [0.25, 0.3) is 17.3 Å². The van der Waals surface area contributed by atoms with E-state index in [0.717, 1.165) is 5.69 Å². The summed E-state index contributed by atoms with van der Waals surface area (Å²) in [4.78, 5) is 122. The molecule has 3 aromatic carbocycles. The molecule has 12 rings (SSSR count). The predicted molar refractivity (Wildman–Crippen MR) is 339 cm³/mol. The molecule has 3 aromatic rings. The number of nitrogens with zero attached hydrogens (tertiary/aromatic N) is 4. The number of fused-ring (bicyclic) bond motifs is 9. The Hall–Kier alpha value is -9.79. The van der Waals surface area contributed by atoms with Crippen LogP contribution in [0.15, 0.2) is 99.2 Å². The Morgan fingerprint density at radius 1 is 0.505 bits per heavy atom. The average molecular weight is 1350 g/mol. The molecular formula is C67H75N7O23. The molecule has 0 aliphatic heterocycles. The van der Waals surface area contributed by atoms with Crippen molar-refractivity contribution in [2.45, 2.75) is 85.7 Å². The SMILES string of the molecule is CN(C)[C@@H]1C(=O)C(C(N)=O)=C(O)[C@@]2(O)C(=O)C3=C(O)c4c(O)cccc4[C@@](C)(O)[C@H]3C[C@@H]12.CN(C)c1ccc(O)c2c1C[C@H]1C[C@H]3[C@H](N(C)C)C(=O)C(C(N)=O)=C(O)[C@@]3(O)C(=O)C1=C2O.C[C@H]1c2cccc(O)c2C(O)=C2C(=O)[C@]3(O)C(O)=C(C(N)=O)C(=O)[C@@H](N(C)C)[C@@H]3[C@@H](O)[C@@H]21. The minimum Gasteiger partial charge on any atom is -0.508 e. The Morgan fingerprint density at radius 3 is 1.40 bits per heavy atom. The van der Waals surface area contributed by atoms with Gasteiger partial charge in [0.25, 0.3) is 17.7 Å². The van der Waals surface area contributed by atoms with Crippen LogP contribution in [0.4, 0.5) is 5.69 Å². The Morgan fingerprint density at radius 2 is 0.918 bits per heavy atom. The van der Waals surface area contributed by atoms with Crippen LogP contribution in [-0.4, -0.2) is 236 Å². The number of carbonyl (C=O) groups excluding carboxylic acids is 9. The average Bonchev–Trinajstić information content (AvgIpc) is 0.703. The number of phenolic OH excluding ortho intramolecular Hbond substituents is 3. The summed E-state index contributed by atoms with van der Waals surface area (Å²) >= 11 is 0. The van der Waals surface area contributed by atoms with E-state index in [9.17, 15) is 115 Å². The normalized spacial score (nSPS) is 32.6. The Balaban J connectivity index is 0.000000158. The fourth-order valence-electron chi connectivity index (χ4n) is 16.7. The Kier molecular flexibility index (Phi) is 17.0. The van der Waals surface area contributed by atoms with Gasteiger partial charge in [-0.15, -0.1) is 0 Å². The minimum atomic E-state index is -2.89. The number of hydrogen-bond donors (Lipinski definition) is 17. The van der Waals surface area contributed by atoms with Crippen molar-refractivity contribution >= 4 is 75.4 Å². The molecule has 30 nitrogen and oxygen atoms in total. The van der Waals surface area contributed by atoms with Crippen LogP contribution in [0.3, 0.4) is 0 Å². The van der Waals surface area contributed by atoms with Crippen molar-refractivity contribution < 1.29 is 115 Å². The maximum Gasteiger partial charge on any atom is 0.255 e. The van der Waals surface area contributed by atoms with E-state index < -0.39 is 209 Å². The predicted octanol–water partition coefficient (Wildman–Crippen LogP) is -0.845. The minimum absolute atomic E-state index is 0.0245. The highest BCUT2D eigenvalue weighted by atomic mass is 16.4. The van der Waals surface area contributed by atoms with Crippen LogP contribution in [0, 0.1) is 35.5 Å². The van der Waals surface area contributed by atoms with Gasteiger partial charge in [0.1, 0.15) is 68.5 Å². The maximum atomic E-state index is 13.7. The summed E-state index contributed by atoms with van der Waals surface area (Å²) in [6.07, 6.45) is -1.47. The zero-order valence-corrected chi connectivity index (χ0v) is 54.0. The number of aliphatic hydroxyl groups is 11. The second-order valence-electron chi connectivity index (χ2n) is 27.1. The van der Waals surface area contributed by atoms with Crippen molar-refractivity contribution in [1.29, 1.82) is 0 Å². The second kappa shape index (κ2) is 23.5. The van der Waals surface area contributed by atoms with Gasteiger partial charge in [0, 0.05) is 60.2 Å². The van der Waals surface area contributed by atoms with Gasteiger partial charge in [0.05, 0.1) is 52.4 Å². The largest absolute Gasteiger partial charge is 0.508 e. The number of Topliss-reactive ketones (excluding diaryl/α,β-unsaturated/α-hetero) is 6. The molecule has 9 aliphatic rings. The van der Waals surface area contributed by atoms with Crippen molar-refractivity contribution in [3.05, 3.63) is 133 Å². The maximum absolute atomic E-state index is 13.7. The van der Waals surface area contributed by atoms with Gasteiger partial charge in [-0.25, -0.2) is 0 Å². The van der Waals surface area contributed by atoms with E-state index in [4.69, 9.17) is 17.2 Å². The van der Waals surface area contributed by atoms with Crippen LogP contribution in [0.2, 0.25) is 0 Å². The third-order valence-electron chi connectivity index (χ3n) is 21.1. The summed E-state index contributed by atoms with van der Waals surface area (Å²) in [5, 5.41) is 154. The molecule has 0 unspecified atom stereocenters. The molecule has 0 heterocycles. The third kappa shape index (κ3) is 9.54. The van der Waals surface area contributed by atoms with Gasteiger partial charge in [-0.05, 0) is 121 Å². The van der Waals surface area contributed by atoms with Crippen molar-refractivity contribution in [2.75, 3.05) is 61.3 Å². The number of phenols is 3. The summed E-state index contributed by atoms with van der Waals surface area (Å²) in [6, 6.07) is 8.15. The van der Waals surface area contributed by atoms with Crippen molar-refractivity contribution in [2.24, 2.45) is 52.7 Å². The lowest BCUT2D eigenvalue weighted by atomic mass is 9.54. The Bertz CT molecular complexity index is 4280. The molecule has 3 fully saturated rings. The van der Waals surface area contributed by atoms with Gasteiger partial charge in [-0.2, -0.15) is 0 Å². The molecule has 15 atom stereocenters. The first-order valence-electron chi connectivity index (χ1n) is 30.5. The highest BCUT2D eigenvalue weighted by Crippen LogP contribution is 2.60. The smallest absolute Gasteiger partial charge is 0.255 e. The first-order chi connectivity index (χ1) is 45.0. The van der Waals surface area contributed by atoms with Crippen LogP contribution < -0.4 is 22.1 Å². The van der Waals surface area contributed by atoms with Crippen molar-refractivity contribution in [3.63, 3.8) is 0 Å². The third-order valence-corrected chi connectivity index (χ3v) is 21.1. The van der Waals surface area contributed by atoms with Crippen LogP contribution >= 0.6 is 0 Å². The number of aromatic hydroxyl groups is 3. The number of benzene rings is 3. The Labute approximate surface area is 552 Å². The number of aliphatic hydroxyl groups excluding tert-OH is 7. The number of ketones is 6. The van der Waals surface area contributed by atoms with E-state index in [2.05, 4.69) is 0 Å². The van der Waals surface area contributed by atoms with Gasteiger partial charge in [0.15, 0.2) is 34.2 Å². The summed E-state index contributed by atoms with van der Waals surface area (Å²) in [5.74, 6) is -23.3. The first kappa shape index (κ1) is 70.0. The van der Waals surface area contributed by atoms with E-state index in [0.29, 0.717) is 11.1 Å². The number of carbonyl (C=O) groups is 9. The van der Waals surface area contributed by atoms with Gasteiger partial charge in [-0.1, -0.05) is 31.2 Å². The van der Waals surface area contributed by atoms with Crippen LogP contribution in [-0.2, 0) is 55.2 Å². The van der Waals surface area contributed by atoms with Gasteiger partial charge in [0.2, 0.25) is 17.3 Å². The van der Waals surface area contributed by atoms with Crippen molar-refractivity contribution in [1.82, 2.24) is 14.7 Å². The number of amides is 3. The van der Waals surface area contributed by atoms with E-state index in [1.807, 2.05) is 19.0 Å². The zero-order valence-electron chi connectivity index (χ0n) is 54.0. The molecule has 9 aliphatic carbocycles. The van der Waals surface area contributed by atoms with E-state index in [1.165, 1.54) is 80.1 Å². The molecule has 3 amide bonds. The molecule has 0 aromatic heterocycles. The number of anilines is 1. The molecule has 20 N–H and O–H groups in total. The lowest BCUT2D eigenvalue weighted by Crippen LogP contribution is -2.70. The lowest BCUT2D eigenvalue weighted by molar-refractivity contribution is -0.169. The monoisotopic (exact) mass is 1350 g/mol. The first-order valence-corrected chi connectivity index (χ1v) is 30.5. The molecule has 97 heavy (non-hydrogen) atoms. The summed E-state index contributed by atoms with van der Waals surface area (Å²) in [5.41, 5.74) is 4.07. The standard InChI is InChI=1S/C23H27N3O7.2C22H24N2O8/c1-25(2)12-5-6-13(27)15-10(12)7-9-8-11-17(26(3)4)19(29)16(22(24)32)21(31)23(11,33)20(30)14(9)18(15)28;1-21(31)8-5-4-6-11(25)12(8)16(26)13-9(21)7-10-15(24(2)3)17(27)14(20(23)30)19(29)22(10,32)18(13)28;1-7-8-5-4-6-9(25)11(8)16(26)12-10(7)17(27)14-15(24(2)3)18(28)13(21(23)31)20(30)22(14,32)19(12)29/h5-6,9,11,17,27-28,31,33H,7-8H2,1-4H3,(H2,24,32);4-6,9-10,15,25-26,29,31-32H,7H2,1-3H3,(H2,23,30);4-7,10,14-15,17,25-27,30,32H,1-3H3,(H2,23,31)/t9-,11-,17-,23-;9-,10-,15-,21+,22-;7-,10+,14+,15-,17-,22-/m000/s1. The second-order valence-corrected chi connectivity index (χ2v) is 27.1. The van der Waals surface area contributed by atoms with Crippen molar-refractivity contribution in [3.8, 4) is 17.2 Å². The van der Waals surface area contributed by atoms with Gasteiger partial charge < -0.3 is 93.6 Å². The summed E-state index contributed by atoms with van der Waals surface area (Å²) in [7, 11) is 12.7. The van der Waals surface area contributed by atoms with Crippen LogP contribution in [0.1, 0.15) is 66.0 Å². The van der Waals surface area contributed by atoms with E-state index in [1.54, 1.807) is 39.2 Å². The number of nitrogens with two attached hydrogens (primary N) is 3. The van der Waals surface area contributed by atoms with Crippen LogP contribution in [0.5, 0.6) is 17.2 Å². The lowest BCUT2D eigenvalue weighted by Gasteiger charge is -2.53. The molecule has 516 valence electrons. The molecule has 30 heteroatoms. The van der Waals surface area contributed by atoms with E-state index in [-0.39, 0.29) is 58.6 Å². The number of rotatable bonds is 7. The fraction of sp³-hybridized carbons (Fsp3) is 0.418.